The van der Waals surface area contributed by atoms with E-state index in [0.29, 0.717) is 41.5 Å². The predicted molar refractivity (Wildman–Crippen MR) is 168 cm³/mol. The van der Waals surface area contributed by atoms with Gasteiger partial charge in [-0.15, -0.1) is 0 Å². The maximum atomic E-state index is 13.7. The number of hydrogen-bond donors (Lipinski definition) is 3. The molecule has 1 aliphatic rings. The lowest BCUT2D eigenvalue weighted by atomic mass is 10.0. The van der Waals surface area contributed by atoms with Crippen LogP contribution in [-0.2, 0) is 20.1 Å². The SMILES string of the molecule is CN=C(/C=C\N)n1cc2c(n1)CN(c1nc3c(C(C)Nc4ccc(Cl)nc4C(=O)NSC)cc(C)cc3c(=O)n1C)C2. The molecule has 1 atom stereocenters. The average molecular weight is 607 g/mol. The van der Waals surface area contributed by atoms with E-state index in [2.05, 4.69) is 25.1 Å². The third kappa shape index (κ3) is 5.44. The molecule has 0 aliphatic carbocycles. The Morgan fingerprint density at radius 3 is 2.74 bits per heavy atom. The molecule has 5 rings (SSSR count). The Labute approximate surface area is 251 Å². The molecule has 218 valence electrons. The second-order valence-corrected chi connectivity index (χ2v) is 10.9. The van der Waals surface area contributed by atoms with Crippen LogP contribution in [0.15, 0.2) is 52.5 Å². The summed E-state index contributed by atoms with van der Waals surface area (Å²) in [4.78, 5) is 41.9. The van der Waals surface area contributed by atoms with Crippen molar-refractivity contribution in [3.63, 3.8) is 0 Å². The molecule has 42 heavy (non-hydrogen) atoms. The summed E-state index contributed by atoms with van der Waals surface area (Å²) in [7, 11) is 3.41. The van der Waals surface area contributed by atoms with E-state index in [9.17, 15) is 9.59 Å². The number of nitrogens with one attached hydrogen (secondary N) is 2. The Bertz CT molecular complexity index is 1790. The Balaban J connectivity index is 1.52. The number of anilines is 2. The van der Waals surface area contributed by atoms with Crippen LogP contribution in [0.5, 0.6) is 0 Å². The van der Waals surface area contributed by atoms with Gasteiger partial charge in [-0.1, -0.05) is 29.6 Å². The second-order valence-electron chi connectivity index (χ2n) is 9.90. The minimum atomic E-state index is -0.366. The van der Waals surface area contributed by atoms with Crippen LogP contribution in [0, 0.1) is 6.92 Å². The summed E-state index contributed by atoms with van der Waals surface area (Å²) in [5.74, 6) is 0.796. The Kier molecular flexibility index (Phi) is 8.23. The van der Waals surface area contributed by atoms with Gasteiger partial charge in [-0.3, -0.25) is 23.9 Å². The summed E-state index contributed by atoms with van der Waals surface area (Å²) >= 11 is 7.27. The fourth-order valence-corrected chi connectivity index (χ4v) is 5.51. The molecule has 0 spiro atoms. The van der Waals surface area contributed by atoms with E-state index >= 15 is 0 Å². The van der Waals surface area contributed by atoms with E-state index in [1.54, 1.807) is 47.8 Å². The number of carbonyl (C=O) groups is 1. The molecular formula is C28H31ClN10O2S. The van der Waals surface area contributed by atoms with E-state index in [0.717, 1.165) is 22.4 Å². The number of nitrogens with zero attached hydrogens (tertiary/aromatic N) is 7. The highest BCUT2D eigenvalue weighted by Crippen LogP contribution is 2.31. The van der Waals surface area contributed by atoms with Crippen LogP contribution in [0.3, 0.4) is 0 Å². The molecular weight excluding hydrogens is 576 g/mol. The van der Waals surface area contributed by atoms with Crippen molar-refractivity contribution in [1.29, 1.82) is 0 Å². The van der Waals surface area contributed by atoms with Crippen LogP contribution < -0.4 is 26.2 Å². The van der Waals surface area contributed by atoms with E-state index in [-0.39, 0.29) is 28.4 Å². The number of fused-ring (bicyclic) bond motifs is 2. The molecule has 4 heterocycles. The van der Waals surface area contributed by atoms with Gasteiger partial charge in [0, 0.05) is 44.2 Å². The minimum absolute atomic E-state index is 0.150. The summed E-state index contributed by atoms with van der Waals surface area (Å²) in [6.07, 6.45) is 6.78. The standard InChI is InChI=1S/C28H31ClN10O2S/c1-15-10-18(16(2)32-20-6-7-22(29)33-25(20)26(40)36-42-5)24-19(11-15)27(41)37(4)28(34-24)38-12-17-13-39(35-21(17)14-38)23(31-3)8-9-30/h6-11,13,16,32H,12,14,30H2,1-5H3,(H,36,40)/b9-8-,31-23?. The van der Waals surface area contributed by atoms with Crippen LogP contribution in [0.4, 0.5) is 11.6 Å². The zero-order valence-corrected chi connectivity index (χ0v) is 25.4. The maximum absolute atomic E-state index is 13.7. The normalized spacial score (nSPS) is 14.0. The first kappa shape index (κ1) is 29.1. The zero-order valence-electron chi connectivity index (χ0n) is 23.8. The maximum Gasteiger partial charge on any atom is 0.281 e. The smallest absolute Gasteiger partial charge is 0.281 e. The largest absolute Gasteiger partial charge is 0.404 e. The quantitative estimate of drug-likeness (QED) is 0.124. The molecule has 3 aromatic heterocycles. The van der Waals surface area contributed by atoms with Gasteiger partial charge in [0.1, 0.15) is 11.0 Å². The van der Waals surface area contributed by atoms with Gasteiger partial charge in [-0.25, -0.2) is 14.6 Å². The molecule has 0 fully saturated rings. The van der Waals surface area contributed by atoms with Crippen molar-refractivity contribution < 1.29 is 4.79 Å². The van der Waals surface area contributed by atoms with E-state index in [1.807, 2.05) is 37.1 Å². The Morgan fingerprint density at radius 2 is 2.05 bits per heavy atom. The number of carbonyl (C=O) groups excluding carboxylic acids is 1. The molecule has 1 unspecified atom stereocenters. The number of allylic oxidation sites excluding steroid dienone is 1. The molecule has 4 aromatic rings. The highest BCUT2D eigenvalue weighted by Gasteiger charge is 2.28. The van der Waals surface area contributed by atoms with Crippen LogP contribution in [0.1, 0.15) is 45.8 Å². The molecule has 1 aromatic carbocycles. The van der Waals surface area contributed by atoms with Gasteiger partial charge in [0.05, 0.1) is 34.9 Å². The first-order chi connectivity index (χ1) is 20.1. The zero-order chi connectivity index (χ0) is 30.1. The van der Waals surface area contributed by atoms with Gasteiger partial charge >= 0.3 is 0 Å². The lowest BCUT2D eigenvalue weighted by Crippen LogP contribution is -2.29. The van der Waals surface area contributed by atoms with Crippen molar-refractivity contribution >= 4 is 57.8 Å². The monoisotopic (exact) mass is 606 g/mol. The number of nitrogens with two attached hydrogens (primary N) is 1. The van der Waals surface area contributed by atoms with Gasteiger partial charge in [0.2, 0.25) is 5.95 Å². The molecule has 4 N–H and O–H groups in total. The number of aromatic nitrogens is 5. The van der Waals surface area contributed by atoms with Crippen molar-refractivity contribution in [2.24, 2.45) is 17.8 Å². The van der Waals surface area contributed by atoms with Gasteiger partial charge in [0.25, 0.3) is 11.5 Å². The highest BCUT2D eigenvalue weighted by molar-refractivity contribution is 7.97. The fraction of sp³-hybridized carbons (Fsp3) is 0.286. The van der Waals surface area contributed by atoms with Gasteiger partial charge < -0.3 is 16.0 Å². The number of rotatable bonds is 7. The summed E-state index contributed by atoms with van der Waals surface area (Å²) in [5.41, 5.74) is 10.3. The van der Waals surface area contributed by atoms with Crippen LogP contribution >= 0.6 is 23.5 Å². The van der Waals surface area contributed by atoms with Gasteiger partial charge in [-0.05, 0) is 49.9 Å². The van der Waals surface area contributed by atoms with E-state index in [1.165, 1.54) is 18.1 Å². The molecule has 0 radical (unpaired) electrons. The predicted octanol–water partition coefficient (Wildman–Crippen LogP) is 3.54. The molecule has 14 heteroatoms. The molecule has 0 saturated carbocycles. The van der Waals surface area contributed by atoms with Gasteiger partial charge in [0.15, 0.2) is 5.69 Å². The topological polar surface area (TPSA) is 148 Å². The first-order valence-corrected chi connectivity index (χ1v) is 14.7. The Hall–Kier alpha value is -4.36. The number of halogens is 1. The number of aliphatic imine (C=N–C) groups is 1. The van der Waals surface area contributed by atoms with E-state index in [4.69, 9.17) is 22.3 Å². The summed E-state index contributed by atoms with van der Waals surface area (Å²) < 4.78 is 5.97. The number of hydrogen-bond acceptors (Lipinski definition) is 10. The van der Waals surface area contributed by atoms with Crippen LogP contribution in [0.2, 0.25) is 5.15 Å². The lowest BCUT2D eigenvalue weighted by Gasteiger charge is -2.23. The average Bonchev–Trinajstić information content (AvgIpc) is 3.54. The molecule has 1 amide bonds. The highest BCUT2D eigenvalue weighted by atomic mass is 35.5. The van der Waals surface area contributed by atoms with Crippen LogP contribution in [-0.4, -0.2) is 49.4 Å². The number of benzene rings is 1. The summed E-state index contributed by atoms with van der Waals surface area (Å²) in [5, 5.41) is 8.79. The van der Waals surface area contributed by atoms with Crippen molar-refractivity contribution in [3.05, 3.63) is 86.3 Å². The second kappa shape index (κ2) is 11.9. The number of amides is 1. The van der Waals surface area contributed by atoms with Crippen molar-refractivity contribution in [2.45, 2.75) is 33.0 Å². The molecule has 0 saturated heterocycles. The Morgan fingerprint density at radius 1 is 1.26 bits per heavy atom. The van der Waals surface area contributed by atoms with E-state index < -0.39 is 0 Å². The third-order valence-corrected chi connectivity index (χ3v) is 7.61. The minimum Gasteiger partial charge on any atom is -0.404 e. The number of aryl methyl sites for hydroxylation is 1. The van der Waals surface area contributed by atoms with Crippen molar-refractivity contribution in [1.82, 2.24) is 29.0 Å². The lowest BCUT2D eigenvalue weighted by molar-refractivity contribution is 0.0980. The summed E-state index contributed by atoms with van der Waals surface area (Å²) in [6, 6.07) is 6.87. The molecule has 0 bridgehead atoms. The molecule has 1 aliphatic heterocycles. The van der Waals surface area contributed by atoms with Crippen molar-refractivity contribution in [3.8, 4) is 0 Å². The van der Waals surface area contributed by atoms with Gasteiger partial charge in [-0.2, -0.15) is 5.10 Å². The first-order valence-electron chi connectivity index (χ1n) is 13.1. The third-order valence-electron chi connectivity index (χ3n) is 7.01. The van der Waals surface area contributed by atoms with Crippen molar-refractivity contribution in [2.75, 3.05) is 23.5 Å². The molecule has 12 nitrogen and oxygen atoms in total. The fourth-order valence-electron chi connectivity index (χ4n) is 5.08. The number of pyridine rings is 1. The summed E-state index contributed by atoms with van der Waals surface area (Å²) in [6.45, 7) is 4.91. The van der Waals surface area contributed by atoms with Crippen LogP contribution in [0.25, 0.3) is 10.9 Å².